The van der Waals surface area contributed by atoms with Crippen LogP contribution in [0.15, 0.2) is 58.4 Å². The van der Waals surface area contributed by atoms with E-state index < -0.39 is 35.4 Å². The van der Waals surface area contributed by atoms with Gasteiger partial charge in [-0.15, -0.1) is 11.8 Å². The normalized spacial score (nSPS) is 32.0. The topological polar surface area (TPSA) is 70.2 Å². The summed E-state index contributed by atoms with van der Waals surface area (Å²) in [5.74, 6) is -2.11. The van der Waals surface area contributed by atoms with Gasteiger partial charge < -0.3 is 4.98 Å². The highest BCUT2D eigenvalue weighted by Crippen LogP contribution is 2.68. The van der Waals surface area contributed by atoms with Gasteiger partial charge in [0.05, 0.1) is 28.1 Å². The molecule has 1 aromatic heterocycles. The highest BCUT2D eigenvalue weighted by molar-refractivity contribution is 8.00. The van der Waals surface area contributed by atoms with Crippen LogP contribution in [0.1, 0.15) is 33.9 Å². The van der Waals surface area contributed by atoms with Crippen molar-refractivity contribution in [2.75, 3.05) is 4.90 Å². The van der Waals surface area contributed by atoms with Crippen LogP contribution in [-0.2, 0) is 15.8 Å². The number of H-pyrrole nitrogens is 1. The zero-order valence-corrected chi connectivity index (χ0v) is 21.1. The number of thioether (sulfide) groups is 1. The third-order valence-electron chi connectivity index (χ3n) is 8.59. The Morgan fingerprint density at radius 2 is 1.68 bits per heavy atom. The number of aryl methyl sites for hydroxylation is 1. The van der Waals surface area contributed by atoms with Gasteiger partial charge in [0.25, 0.3) is 0 Å². The number of nitrogens with zero attached hydrogens (tertiary/aromatic N) is 1. The second-order valence-corrected chi connectivity index (χ2v) is 12.6. The van der Waals surface area contributed by atoms with Gasteiger partial charge in [-0.3, -0.25) is 19.3 Å². The van der Waals surface area contributed by atoms with Gasteiger partial charge in [0, 0.05) is 16.0 Å². The van der Waals surface area contributed by atoms with E-state index in [2.05, 4.69) is 17.1 Å². The molecule has 2 saturated carbocycles. The molecule has 190 valence electrons. The van der Waals surface area contributed by atoms with Crippen molar-refractivity contribution in [3.63, 3.8) is 0 Å². The molecule has 0 spiro atoms. The van der Waals surface area contributed by atoms with Crippen LogP contribution in [0.25, 0.3) is 0 Å². The maximum atomic E-state index is 13.7. The molecule has 2 bridgehead atoms. The van der Waals surface area contributed by atoms with Gasteiger partial charge in [-0.05, 0) is 54.9 Å². The molecule has 37 heavy (non-hydrogen) atoms. The number of hydrogen-bond acceptors (Lipinski definition) is 5. The molecule has 7 rings (SSSR count). The Labute approximate surface area is 218 Å². The average molecular weight is 543 g/mol. The predicted octanol–water partition coefficient (Wildman–Crippen LogP) is 5.44. The van der Waals surface area contributed by atoms with Crippen LogP contribution in [0, 0.1) is 36.5 Å². The summed E-state index contributed by atoms with van der Waals surface area (Å²) in [5, 5.41) is 0.867. The summed E-state index contributed by atoms with van der Waals surface area (Å²) in [6, 6.07) is 12.7. The quantitative estimate of drug-likeness (QED) is 0.438. The van der Waals surface area contributed by atoms with E-state index in [0.717, 1.165) is 44.5 Å². The number of thiazole rings is 1. The summed E-state index contributed by atoms with van der Waals surface area (Å²) in [5.41, 5.74) is 1.29. The fourth-order valence-corrected chi connectivity index (χ4v) is 10.1. The minimum absolute atomic E-state index is 0.0206. The number of carbonyl (C=O) groups is 2. The Bertz CT molecular complexity index is 1510. The smallest absolute Gasteiger partial charge is 0.307 e. The zero-order valence-electron chi connectivity index (χ0n) is 19.5. The molecule has 2 aromatic carbocycles. The molecule has 2 amide bonds. The summed E-state index contributed by atoms with van der Waals surface area (Å²) < 4.78 is 40.1. The van der Waals surface area contributed by atoms with Crippen LogP contribution < -0.4 is 9.77 Å². The summed E-state index contributed by atoms with van der Waals surface area (Å²) in [6.07, 6.45) is -3.84. The van der Waals surface area contributed by atoms with Crippen molar-refractivity contribution in [3.05, 3.63) is 79.8 Å². The predicted molar refractivity (Wildman–Crippen MR) is 134 cm³/mol. The fourth-order valence-electron chi connectivity index (χ4n) is 7.24. The van der Waals surface area contributed by atoms with Crippen LogP contribution in [0.5, 0.6) is 0 Å². The zero-order chi connectivity index (χ0) is 25.8. The molecule has 0 radical (unpaired) electrons. The van der Waals surface area contributed by atoms with Gasteiger partial charge in [-0.2, -0.15) is 13.2 Å². The molecule has 3 fully saturated rings. The van der Waals surface area contributed by atoms with Crippen LogP contribution in [-0.4, -0.2) is 22.0 Å². The first-order chi connectivity index (χ1) is 17.6. The van der Waals surface area contributed by atoms with E-state index in [1.165, 1.54) is 23.5 Å². The Kier molecular flexibility index (Phi) is 4.93. The molecule has 0 unspecified atom stereocenters. The molecule has 1 N–H and O–H groups in total. The number of benzene rings is 2. The molecular weight excluding hydrogens is 521 g/mol. The molecule has 2 aliphatic carbocycles. The lowest BCUT2D eigenvalue weighted by Gasteiger charge is -2.43. The monoisotopic (exact) mass is 542 g/mol. The van der Waals surface area contributed by atoms with Crippen molar-refractivity contribution in [3.8, 4) is 0 Å². The summed E-state index contributed by atoms with van der Waals surface area (Å²) in [7, 11) is 0. The largest absolute Gasteiger partial charge is 0.416 e. The van der Waals surface area contributed by atoms with Gasteiger partial charge in [0.1, 0.15) is 0 Å². The molecular formula is C27H21F3N2O3S2. The molecule has 2 aliphatic heterocycles. The molecule has 4 aliphatic rings. The Hall–Kier alpha value is -2.85. The summed E-state index contributed by atoms with van der Waals surface area (Å²) >= 11 is 2.79. The van der Waals surface area contributed by atoms with E-state index >= 15 is 0 Å². The third kappa shape index (κ3) is 3.27. The molecule has 3 heterocycles. The van der Waals surface area contributed by atoms with Crippen molar-refractivity contribution in [1.82, 2.24) is 4.98 Å². The lowest BCUT2D eigenvalue weighted by Crippen LogP contribution is -2.42. The number of alkyl halides is 3. The lowest BCUT2D eigenvalue weighted by atomic mass is 9.68. The van der Waals surface area contributed by atoms with Crippen molar-refractivity contribution in [1.29, 1.82) is 0 Å². The van der Waals surface area contributed by atoms with E-state index in [1.807, 2.05) is 19.1 Å². The summed E-state index contributed by atoms with van der Waals surface area (Å²) in [6.45, 7) is 2.01. The number of rotatable bonds is 2. The number of amides is 2. The first-order valence-corrected chi connectivity index (χ1v) is 13.8. The molecule has 3 aromatic rings. The number of aromatic nitrogens is 1. The van der Waals surface area contributed by atoms with Crippen molar-refractivity contribution < 1.29 is 22.8 Å². The Morgan fingerprint density at radius 3 is 2.38 bits per heavy atom. The van der Waals surface area contributed by atoms with Crippen LogP contribution in [0.4, 0.5) is 18.9 Å². The molecule has 1 saturated heterocycles. The summed E-state index contributed by atoms with van der Waals surface area (Å²) in [4.78, 5) is 44.5. The lowest BCUT2D eigenvalue weighted by molar-refractivity contribution is -0.137. The molecule has 10 heteroatoms. The van der Waals surface area contributed by atoms with E-state index in [9.17, 15) is 27.6 Å². The highest BCUT2D eigenvalue weighted by atomic mass is 32.2. The van der Waals surface area contributed by atoms with Gasteiger partial charge in [0.15, 0.2) is 0 Å². The van der Waals surface area contributed by atoms with E-state index in [-0.39, 0.29) is 39.5 Å². The average Bonchev–Trinajstić information content (AvgIpc) is 3.58. The number of hydrogen-bond donors (Lipinski definition) is 1. The van der Waals surface area contributed by atoms with Crippen LogP contribution >= 0.6 is 23.1 Å². The first kappa shape index (κ1) is 23.3. The number of carbonyl (C=O) groups excluding carboxylic acids is 2. The third-order valence-corrected chi connectivity index (χ3v) is 11.2. The molecule has 5 nitrogen and oxygen atoms in total. The van der Waals surface area contributed by atoms with Crippen LogP contribution in [0.2, 0.25) is 0 Å². The van der Waals surface area contributed by atoms with Crippen molar-refractivity contribution in [2.45, 2.75) is 35.7 Å². The van der Waals surface area contributed by atoms with Gasteiger partial charge >= 0.3 is 11.0 Å². The number of imide groups is 1. The van der Waals surface area contributed by atoms with E-state index in [0.29, 0.717) is 0 Å². The fraction of sp³-hybridized carbons (Fsp3) is 0.370. The van der Waals surface area contributed by atoms with E-state index in [4.69, 9.17) is 0 Å². The van der Waals surface area contributed by atoms with Gasteiger partial charge in [-0.1, -0.05) is 47.2 Å². The second-order valence-electron chi connectivity index (χ2n) is 10.4. The number of anilines is 1. The molecule has 7 atom stereocenters. The number of fused-ring (bicyclic) bond motifs is 9. The SMILES string of the molecule is Cc1ccc([C@@H]2c3sc(=O)[nH]c3S[C@@H]3[C@H]4C[C@@H]([C@@H]5C(=O)N(c6cccc(C(F)(F)F)c6)C(=O)[C@H]45)[C@@H]23)cc1. The number of aromatic amines is 1. The highest BCUT2D eigenvalue weighted by Gasteiger charge is 2.69. The minimum Gasteiger partial charge on any atom is -0.307 e. The Balaban J connectivity index is 1.30. The maximum Gasteiger partial charge on any atom is 0.416 e. The number of nitrogens with one attached hydrogen (secondary N) is 1. The minimum atomic E-state index is -4.57. The second kappa shape index (κ2) is 7.83. The van der Waals surface area contributed by atoms with Crippen molar-refractivity contribution in [2.24, 2.45) is 29.6 Å². The Morgan fingerprint density at radius 1 is 0.973 bits per heavy atom. The van der Waals surface area contributed by atoms with Crippen LogP contribution in [0.3, 0.4) is 0 Å². The van der Waals surface area contributed by atoms with Gasteiger partial charge in [0.2, 0.25) is 11.8 Å². The van der Waals surface area contributed by atoms with Crippen molar-refractivity contribution >= 4 is 40.6 Å². The maximum absolute atomic E-state index is 13.7. The first-order valence-electron chi connectivity index (χ1n) is 12.1. The number of halogens is 3. The van der Waals surface area contributed by atoms with Gasteiger partial charge in [-0.25, -0.2) is 0 Å². The van der Waals surface area contributed by atoms with E-state index in [1.54, 1.807) is 11.8 Å². The standard InChI is InChI=1S/C27H21F3N2O3S2/c1-11-5-7-12(8-6-11)17-18-15-10-16(21(18)36-23-22(17)37-26(35)31-23)20-19(15)24(33)32(25(20)34)14-4-2-3-13(9-14)27(28,29)30/h2-9,15-21H,10H2,1H3,(H,31,35)/t15-,16+,17+,18+,19+,20-,21-/m1/s1.